The Hall–Kier alpha value is -0.810. The first-order valence-electron chi connectivity index (χ1n) is 7.20. The molecule has 0 amide bonds. The molecule has 3 atom stereocenters. The smallest absolute Gasteiger partial charge is 0.160 e. The maximum absolute atomic E-state index is 13.2. The molecule has 112 valence electrons. The Morgan fingerprint density at radius 3 is 2.80 bits per heavy atom. The number of benzene rings is 1. The second-order valence-corrected chi connectivity index (χ2v) is 7.05. The van der Waals surface area contributed by atoms with Gasteiger partial charge in [0.2, 0.25) is 0 Å². The predicted octanol–water partition coefficient (Wildman–Crippen LogP) is 3.38. The summed E-state index contributed by atoms with van der Waals surface area (Å²) in [6, 6.07) is 3.94. The summed E-state index contributed by atoms with van der Waals surface area (Å²) in [5.74, 6) is -1.82. The standard InChI is InChI=1S/C15H21F2NOS/c1-2-8-18-11-4-3-5-12(9-11)20(19)13-6-7-14(16)15(17)10-13/h6-7,10-12,18H,2-5,8-9H2,1H3. The van der Waals surface area contributed by atoms with E-state index in [1.165, 1.54) is 6.07 Å². The van der Waals surface area contributed by atoms with Gasteiger partial charge in [0.1, 0.15) is 0 Å². The summed E-state index contributed by atoms with van der Waals surface area (Å²) in [4.78, 5) is 0.394. The van der Waals surface area contributed by atoms with Crippen LogP contribution in [0.15, 0.2) is 23.1 Å². The molecule has 1 aliphatic rings. The van der Waals surface area contributed by atoms with E-state index < -0.39 is 22.4 Å². The maximum atomic E-state index is 13.2. The van der Waals surface area contributed by atoms with Gasteiger partial charge in [0.25, 0.3) is 0 Å². The predicted molar refractivity (Wildman–Crippen MR) is 77.1 cm³/mol. The number of halogens is 2. The molecule has 0 aromatic heterocycles. The van der Waals surface area contributed by atoms with E-state index in [2.05, 4.69) is 12.2 Å². The van der Waals surface area contributed by atoms with Crippen LogP contribution in [0.5, 0.6) is 0 Å². The van der Waals surface area contributed by atoms with Crippen molar-refractivity contribution in [1.82, 2.24) is 5.32 Å². The SMILES string of the molecule is CCCNC1CCCC(S(=O)c2ccc(F)c(F)c2)C1. The molecule has 1 aromatic rings. The van der Waals surface area contributed by atoms with E-state index in [0.29, 0.717) is 10.9 Å². The first-order chi connectivity index (χ1) is 9.61. The molecule has 1 N–H and O–H groups in total. The summed E-state index contributed by atoms with van der Waals surface area (Å²) in [7, 11) is -1.26. The second kappa shape index (κ2) is 7.27. The molecule has 0 bridgehead atoms. The van der Waals surface area contributed by atoms with Gasteiger partial charge in [-0.05, 0) is 50.4 Å². The van der Waals surface area contributed by atoms with Crippen molar-refractivity contribution >= 4 is 10.8 Å². The fourth-order valence-electron chi connectivity index (χ4n) is 2.67. The highest BCUT2D eigenvalue weighted by Crippen LogP contribution is 2.27. The van der Waals surface area contributed by atoms with Crippen LogP contribution in [-0.2, 0) is 10.8 Å². The van der Waals surface area contributed by atoms with E-state index in [1.54, 1.807) is 0 Å². The fraction of sp³-hybridized carbons (Fsp3) is 0.600. The third-order valence-corrected chi connectivity index (χ3v) is 5.49. The lowest BCUT2D eigenvalue weighted by Crippen LogP contribution is -2.37. The van der Waals surface area contributed by atoms with Gasteiger partial charge >= 0.3 is 0 Å². The number of nitrogens with one attached hydrogen (secondary N) is 1. The van der Waals surface area contributed by atoms with Crippen LogP contribution in [0.4, 0.5) is 8.78 Å². The van der Waals surface area contributed by atoms with Gasteiger partial charge in [-0.1, -0.05) is 13.3 Å². The molecule has 1 fully saturated rings. The van der Waals surface area contributed by atoms with Crippen LogP contribution in [0.3, 0.4) is 0 Å². The lowest BCUT2D eigenvalue weighted by Gasteiger charge is -2.29. The Morgan fingerprint density at radius 2 is 2.10 bits per heavy atom. The van der Waals surface area contributed by atoms with Gasteiger partial charge in [0, 0.05) is 16.2 Å². The minimum atomic E-state index is -1.26. The van der Waals surface area contributed by atoms with E-state index in [4.69, 9.17) is 0 Å². The van der Waals surface area contributed by atoms with Crippen molar-refractivity contribution in [2.24, 2.45) is 0 Å². The van der Waals surface area contributed by atoms with Crippen LogP contribution in [0.2, 0.25) is 0 Å². The highest BCUT2D eigenvalue weighted by molar-refractivity contribution is 7.85. The monoisotopic (exact) mass is 301 g/mol. The zero-order valence-corrected chi connectivity index (χ0v) is 12.5. The van der Waals surface area contributed by atoms with E-state index >= 15 is 0 Å². The van der Waals surface area contributed by atoms with Crippen molar-refractivity contribution in [2.45, 2.75) is 55.2 Å². The van der Waals surface area contributed by atoms with Gasteiger partial charge < -0.3 is 5.32 Å². The van der Waals surface area contributed by atoms with Gasteiger partial charge in [0.15, 0.2) is 11.6 Å². The largest absolute Gasteiger partial charge is 0.314 e. The molecule has 0 spiro atoms. The Bertz CT molecular complexity index is 481. The van der Waals surface area contributed by atoms with Crippen LogP contribution in [0, 0.1) is 11.6 Å². The number of hydrogen-bond donors (Lipinski definition) is 1. The lowest BCUT2D eigenvalue weighted by atomic mass is 9.95. The Morgan fingerprint density at radius 1 is 1.30 bits per heavy atom. The topological polar surface area (TPSA) is 29.1 Å². The van der Waals surface area contributed by atoms with E-state index in [9.17, 15) is 13.0 Å². The summed E-state index contributed by atoms with van der Waals surface area (Å²) >= 11 is 0. The summed E-state index contributed by atoms with van der Waals surface area (Å²) < 4.78 is 38.6. The van der Waals surface area contributed by atoms with Gasteiger partial charge in [-0.15, -0.1) is 0 Å². The van der Waals surface area contributed by atoms with Gasteiger partial charge in [-0.3, -0.25) is 4.21 Å². The van der Waals surface area contributed by atoms with E-state index in [-0.39, 0.29) is 5.25 Å². The van der Waals surface area contributed by atoms with Crippen molar-refractivity contribution < 1.29 is 13.0 Å². The normalized spacial score (nSPS) is 24.6. The molecular weight excluding hydrogens is 280 g/mol. The lowest BCUT2D eigenvalue weighted by molar-refractivity contribution is 0.377. The third kappa shape index (κ3) is 3.85. The second-order valence-electron chi connectivity index (χ2n) is 5.31. The Labute approximate surface area is 121 Å². The third-order valence-electron chi connectivity index (χ3n) is 3.74. The number of rotatable bonds is 5. The fourth-order valence-corrected chi connectivity index (χ4v) is 4.26. The first kappa shape index (κ1) is 15.6. The summed E-state index contributed by atoms with van der Waals surface area (Å²) in [6.45, 7) is 3.09. The van der Waals surface area contributed by atoms with Crippen LogP contribution >= 0.6 is 0 Å². The first-order valence-corrected chi connectivity index (χ1v) is 8.42. The van der Waals surface area contributed by atoms with Gasteiger partial charge in [-0.2, -0.15) is 0 Å². The van der Waals surface area contributed by atoms with E-state index in [1.807, 2.05) is 0 Å². The number of hydrogen-bond acceptors (Lipinski definition) is 2. The van der Waals surface area contributed by atoms with Gasteiger partial charge in [-0.25, -0.2) is 8.78 Å². The highest BCUT2D eigenvalue weighted by Gasteiger charge is 2.27. The summed E-state index contributed by atoms with van der Waals surface area (Å²) in [5, 5.41) is 3.49. The van der Waals surface area contributed by atoms with Crippen LogP contribution < -0.4 is 5.32 Å². The van der Waals surface area contributed by atoms with Crippen molar-refractivity contribution in [3.63, 3.8) is 0 Å². The molecule has 2 rings (SSSR count). The van der Waals surface area contributed by atoms with Gasteiger partial charge in [0.05, 0.1) is 10.8 Å². The minimum absolute atomic E-state index is 0.0305. The van der Waals surface area contributed by atoms with Crippen LogP contribution in [0.1, 0.15) is 39.0 Å². The van der Waals surface area contributed by atoms with E-state index in [0.717, 1.165) is 50.8 Å². The van der Waals surface area contributed by atoms with Crippen LogP contribution in [-0.4, -0.2) is 22.0 Å². The Balaban J connectivity index is 2.02. The quantitative estimate of drug-likeness (QED) is 0.903. The molecule has 20 heavy (non-hydrogen) atoms. The maximum Gasteiger partial charge on any atom is 0.160 e. The van der Waals surface area contributed by atoms with Crippen LogP contribution in [0.25, 0.3) is 0 Å². The van der Waals surface area contributed by atoms with Crippen molar-refractivity contribution in [3.8, 4) is 0 Å². The molecule has 2 nitrogen and oxygen atoms in total. The van der Waals surface area contributed by atoms with Crippen molar-refractivity contribution in [2.75, 3.05) is 6.54 Å². The highest BCUT2D eigenvalue weighted by atomic mass is 32.2. The summed E-state index contributed by atoms with van der Waals surface area (Å²) in [6.07, 6.45) is 4.93. The molecule has 0 saturated heterocycles. The molecule has 0 radical (unpaired) electrons. The van der Waals surface area contributed by atoms with Crippen molar-refractivity contribution in [1.29, 1.82) is 0 Å². The Kier molecular flexibility index (Phi) is 5.66. The molecule has 0 aliphatic heterocycles. The molecule has 3 unspecified atom stereocenters. The average molecular weight is 301 g/mol. The zero-order valence-electron chi connectivity index (χ0n) is 11.7. The zero-order chi connectivity index (χ0) is 14.5. The molecule has 0 heterocycles. The molecule has 5 heteroatoms. The van der Waals surface area contributed by atoms with Crippen molar-refractivity contribution in [3.05, 3.63) is 29.8 Å². The summed E-state index contributed by atoms with van der Waals surface area (Å²) in [5.41, 5.74) is 0. The molecule has 1 aliphatic carbocycles. The molecule has 1 aromatic carbocycles. The molecule has 1 saturated carbocycles. The molecular formula is C15H21F2NOS. The minimum Gasteiger partial charge on any atom is -0.314 e. The average Bonchev–Trinajstić information content (AvgIpc) is 2.47.